The Bertz CT molecular complexity index is 1470. The summed E-state index contributed by atoms with van der Waals surface area (Å²) in [6.45, 7) is 2.27. The van der Waals surface area contributed by atoms with Crippen molar-refractivity contribution in [1.82, 2.24) is 0 Å². The van der Waals surface area contributed by atoms with Gasteiger partial charge in [-0.1, -0.05) is 116 Å². The second-order valence-electron chi connectivity index (χ2n) is 8.44. The first-order valence-corrected chi connectivity index (χ1v) is 11.1. The van der Waals surface area contributed by atoms with E-state index >= 15 is 0 Å². The summed E-state index contributed by atoms with van der Waals surface area (Å²) in [5.74, 6) is 0. The molecule has 0 saturated heterocycles. The normalized spacial score (nSPS) is 12.9. The Morgan fingerprint density at radius 1 is 0.548 bits per heavy atom. The maximum atomic E-state index is 2.45. The van der Waals surface area contributed by atoms with Gasteiger partial charge in [0.15, 0.2) is 0 Å². The van der Waals surface area contributed by atoms with E-state index in [2.05, 4.69) is 110 Å². The maximum Gasteiger partial charge on any atom is -0.00515 e. The predicted molar refractivity (Wildman–Crippen MR) is 134 cm³/mol. The molecule has 1 aliphatic carbocycles. The first-order chi connectivity index (χ1) is 15.3. The molecular weight excluding hydrogens is 372 g/mol. The molecular formula is C31H24. The van der Waals surface area contributed by atoms with Crippen molar-refractivity contribution in [3.63, 3.8) is 0 Å². The Labute approximate surface area is 183 Å². The van der Waals surface area contributed by atoms with Gasteiger partial charge in [0.1, 0.15) is 0 Å². The molecule has 0 heteroatoms. The highest BCUT2D eigenvalue weighted by Crippen LogP contribution is 2.43. The molecule has 6 rings (SSSR count). The summed E-state index contributed by atoms with van der Waals surface area (Å²) in [4.78, 5) is 0. The molecule has 0 aliphatic heterocycles. The zero-order valence-corrected chi connectivity index (χ0v) is 17.7. The van der Waals surface area contributed by atoms with E-state index in [9.17, 15) is 0 Å². The van der Waals surface area contributed by atoms with Crippen molar-refractivity contribution in [1.29, 1.82) is 0 Å². The van der Waals surface area contributed by atoms with Crippen LogP contribution in [0.25, 0.3) is 49.9 Å². The topological polar surface area (TPSA) is 0 Å². The van der Waals surface area contributed by atoms with Gasteiger partial charge in [0, 0.05) is 0 Å². The Kier molecular flexibility index (Phi) is 4.25. The molecule has 31 heavy (non-hydrogen) atoms. The molecule has 0 saturated carbocycles. The van der Waals surface area contributed by atoms with Gasteiger partial charge in [-0.25, -0.2) is 0 Å². The average Bonchev–Trinajstić information content (AvgIpc) is 3.28. The lowest BCUT2D eigenvalue weighted by Crippen LogP contribution is -1.94. The molecule has 0 unspecified atom stereocenters. The number of hydrogen-bond donors (Lipinski definition) is 0. The summed E-state index contributed by atoms with van der Waals surface area (Å²) in [6.07, 6.45) is 4.59. The zero-order valence-electron chi connectivity index (χ0n) is 17.7. The second-order valence-corrected chi connectivity index (χ2v) is 8.44. The van der Waals surface area contributed by atoms with Gasteiger partial charge >= 0.3 is 0 Å². The van der Waals surface area contributed by atoms with Gasteiger partial charge < -0.3 is 0 Å². The molecule has 0 bridgehead atoms. The first kappa shape index (κ1) is 18.2. The minimum Gasteiger partial charge on any atom is -0.0654 e. The Hall–Kier alpha value is -3.64. The molecule has 0 spiro atoms. The summed E-state index contributed by atoms with van der Waals surface area (Å²) in [6, 6.07) is 35.5. The van der Waals surface area contributed by atoms with E-state index in [1.165, 1.54) is 60.5 Å². The summed E-state index contributed by atoms with van der Waals surface area (Å²) < 4.78 is 0. The van der Waals surface area contributed by atoms with Crippen LogP contribution in [0.3, 0.4) is 0 Å². The highest BCUT2D eigenvalue weighted by molar-refractivity contribution is 6.02. The Morgan fingerprint density at radius 2 is 1.10 bits per heavy atom. The van der Waals surface area contributed by atoms with Crippen molar-refractivity contribution in [2.45, 2.75) is 19.8 Å². The maximum absolute atomic E-state index is 2.45. The van der Waals surface area contributed by atoms with Crippen LogP contribution in [0.15, 0.2) is 103 Å². The van der Waals surface area contributed by atoms with Crippen molar-refractivity contribution in [2.75, 3.05) is 0 Å². The highest BCUT2D eigenvalue weighted by atomic mass is 14.3. The van der Waals surface area contributed by atoms with Crippen LogP contribution >= 0.6 is 0 Å². The van der Waals surface area contributed by atoms with Gasteiger partial charge in [0.05, 0.1) is 0 Å². The fourth-order valence-corrected chi connectivity index (χ4v) is 5.14. The highest BCUT2D eigenvalue weighted by Gasteiger charge is 2.21. The van der Waals surface area contributed by atoms with E-state index in [0.29, 0.717) is 0 Å². The van der Waals surface area contributed by atoms with Gasteiger partial charge in [-0.3, -0.25) is 0 Å². The molecule has 1 aliphatic rings. The third kappa shape index (κ3) is 2.91. The minimum absolute atomic E-state index is 1.04. The van der Waals surface area contributed by atoms with Crippen LogP contribution in [0, 0.1) is 0 Å². The standard InChI is InChI=1S/C31H24/c1-2-21-19-30-28(26-15-7-11-22-9-3-5-13-24(22)26)17-18-29(31(30)20-21)27-16-8-12-23-10-4-6-14-25(23)27/h3-19H,2,20H2,1H3. The number of hydrogen-bond acceptors (Lipinski definition) is 0. The molecule has 5 aromatic carbocycles. The lowest BCUT2D eigenvalue weighted by atomic mass is 9.87. The van der Waals surface area contributed by atoms with Gasteiger partial charge in [-0.15, -0.1) is 0 Å². The molecule has 0 amide bonds. The van der Waals surface area contributed by atoms with E-state index < -0.39 is 0 Å². The van der Waals surface area contributed by atoms with Crippen LogP contribution in [-0.4, -0.2) is 0 Å². The third-order valence-corrected chi connectivity index (χ3v) is 6.72. The Morgan fingerprint density at radius 3 is 1.74 bits per heavy atom. The quantitative estimate of drug-likeness (QED) is 0.286. The van der Waals surface area contributed by atoms with Gasteiger partial charge in [-0.05, 0) is 67.8 Å². The lowest BCUT2D eigenvalue weighted by molar-refractivity contribution is 1.04. The van der Waals surface area contributed by atoms with E-state index in [0.717, 1.165) is 12.8 Å². The van der Waals surface area contributed by atoms with Gasteiger partial charge in [0.2, 0.25) is 0 Å². The molecule has 0 fully saturated rings. The molecule has 0 atom stereocenters. The average molecular weight is 397 g/mol. The fraction of sp³-hybridized carbons (Fsp3) is 0.0968. The monoisotopic (exact) mass is 396 g/mol. The number of fused-ring (bicyclic) bond motifs is 3. The predicted octanol–water partition coefficient (Wildman–Crippen LogP) is 8.68. The summed E-state index contributed by atoms with van der Waals surface area (Å²) in [7, 11) is 0. The molecule has 0 nitrogen and oxygen atoms in total. The van der Waals surface area contributed by atoms with Crippen molar-refractivity contribution in [2.24, 2.45) is 0 Å². The number of rotatable bonds is 3. The number of allylic oxidation sites excluding steroid dienone is 1. The van der Waals surface area contributed by atoms with E-state index in [1.807, 2.05) is 0 Å². The van der Waals surface area contributed by atoms with Crippen molar-refractivity contribution in [3.8, 4) is 22.3 Å². The summed E-state index contributed by atoms with van der Waals surface area (Å²) >= 11 is 0. The molecule has 148 valence electrons. The van der Waals surface area contributed by atoms with E-state index in [-0.39, 0.29) is 0 Å². The smallest absolute Gasteiger partial charge is 0.00515 e. The van der Waals surface area contributed by atoms with Crippen molar-refractivity contribution in [3.05, 3.63) is 114 Å². The van der Waals surface area contributed by atoms with Gasteiger partial charge in [0.25, 0.3) is 0 Å². The largest absolute Gasteiger partial charge is 0.0654 e. The molecule has 0 heterocycles. The lowest BCUT2D eigenvalue weighted by Gasteiger charge is -2.16. The van der Waals surface area contributed by atoms with E-state index in [4.69, 9.17) is 0 Å². The molecule has 0 aromatic heterocycles. The first-order valence-electron chi connectivity index (χ1n) is 11.1. The van der Waals surface area contributed by atoms with Crippen LogP contribution < -0.4 is 0 Å². The third-order valence-electron chi connectivity index (χ3n) is 6.72. The van der Waals surface area contributed by atoms with Crippen LogP contribution in [0.2, 0.25) is 0 Å². The van der Waals surface area contributed by atoms with Crippen molar-refractivity contribution < 1.29 is 0 Å². The SMILES string of the molecule is CCC1=Cc2c(-c3cccc4ccccc34)ccc(-c3cccc4ccccc34)c2C1. The van der Waals surface area contributed by atoms with Crippen LogP contribution in [0.4, 0.5) is 0 Å². The van der Waals surface area contributed by atoms with Crippen LogP contribution in [-0.2, 0) is 6.42 Å². The number of benzene rings is 5. The molecule has 5 aromatic rings. The fourth-order valence-electron chi connectivity index (χ4n) is 5.14. The Balaban J connectivity index is 1.63. The van der Waals surface area contributed by atoms with E-state index in [1.54, 1.807) is 0 Å². The summed E-state index contributed by atoms with van der Waals surface area (Å²) in [5, 5.41) is 5.25. The minimum atomic E-state index is 1.04. The molecule has 0 radical (unpaired) electrons. The molecule has 0 N–H and O–H groups in total. The zero-order chi connectivity index (χ0) is 20.8. The van der Waals surface area contributed by atoms with Gasteiger partial charge in [-0.2, -0.15) is 0 Å². The van der Waals surface area contributed by atoms with Crippen molar-refractivity contribution >= 4 is 27.6 Å². The second kappa shape index (κ2) is 7.25. The van der Waals surface area contributed by atoms with Crippen LogP contribution in [0.1, 0.15) is 24.5 Å². The summed E-state index contributed by atoms with van der Waals surface area (Å²) in [5.41, 5.74) is 9.77. The van der Waals surface area contributed by atoms with Crippen LogP contribution in [0.5, 0.6) is 0 Å².